The number of imide groups is 1. The molecule has 0 N–H and O–H groups in total. The van der Waals surface area contributed by atoms with Crippen LogP contribution in [0.1, 0.15) is 54.8 Å². The second-order valence-electron chi connectivity index (χ2n) is 8.62. The van der Waals surface area contributed by atoms with Crippen molar-refractivity contribution in [1.29, 1.82) is 0 Å². The molecule has 3 aliphatic carbocycles. The van der Waals surface area contributed by atoms with Crippen LogP contribution >= 0.6 is 0 Å². The third-order valence-corrected chi connectivity index (χ3v) is 7.10. The van der Waals surface area contributed by atoms with Crippen molar-refractivity contribution in [3.8, 4) is 0 Å². The SMILES string of the molecule is O=C([O-])c1cc(C(=O)[O-])cc(N2C(=O)C3C4c5ccccc5C(c5ccccc54)C3C2=O)c1. The number of benzene rings is 3. The maximum Gasteiger partial charge on any atom is 0.238 e. The van der Waals surface area contributed by atoms with Crippen molar-refractivity contribution in [2.45, 2.75) is 11.8 Å². The highest BCUT2D eigenvalue weighted by atomic mass is 16.4. The number of rotatable bonds is 3. The van der Waals surface area contributed by atoms with Gasteiger partial charge in [0.05, 0.1) is 29.5 Å². The lowest BCUT2D eigenvalue weighted by molar-refractivity contribution is -0.255. The zero-order valence-corrected chi connectivity index (χ0v) is 17.1. The second kappa shape index (κ2) is 6.62. The van der Waals surface area contributed by atoms with Gasteiger partial charge in [-0.05, 0) is 51.6 Å². The lowest BCUT2D eigenvalue weighted by Crippen LogP contribution is -2.41. The molecule has 3 aromatic carbocycles. The predicted molar refractivity (Wildman–Crippen MR) is 111 cm³/mol. The Morgan fingerprint density at radius 1 is 0.636 bits per heavy atom. The Kier molecular flexibility index (Phi) is 3.90. The van der Waals surface area contributed by atoms with E-state index in [1.807, 2.05) is 48.5 Å². The molecule has 2 unspecified atom stereocenters. The van der Waals surface area contributed by atoms with E-state index in [2.05, 4.69) is 0 Å². The van der Waals surface area contributed by atoms with Crippen molar-refractivity contribution in [2.75, 3.05) is 4.90 Å². The molecule has 0 saturated carbocycles. The van der Waals surface area contributed by atoms with Crippen LogP contribution in [0.5, 0.6) is 0 Å². The van der Waals surface area contributed by atoms with Crippen molar-refractivity contribution >= 4 is 29.4 Å². The smallest absolute Gasteiger partial charge is 0.238 e. The summed E-state index contributed by atoms with van der Waals surface area (Å²) in [5.74, 6) is -6.13. The van der Waals surface area contributed by atoms with Gasteiger partial charge in [0.1, 0.15) is 0 Å². The second-order valence-corrected chi connectivity index (χ2v) is 8.62. The summed E-state index contributed by atoms with van der Waals surface area (Å²) in [6, 6.07) is 18.6. The van der Waals surface area contributed by atoms with Gasteiger partial charge in [0.2, 0.25) is 11.8 Å². The molecular formula is C26H15NO6-2. The zero-order valence-electron chi connectivity index (χ0n) is 17.1. The van der Waals surface area contributed by atoms with Gasteiger partial charge in [-0.2, -0.15) is 0 Å². The number of carboxylic acid groups (broad SMARTS) is 2. The Morgan fingerprint density at radius 2 is 1.00 bits per heavy atom. The number of hydrogen-bond donors (Lipinski definition) is 0. The minimum Gasteiger partial charge on any atom is -0.545 e. The summed E-state index contributed by atoms with van der Waals surface area (Å²) < 4.78 is 0. The van der Waals surface area contributed by atoms with Crippen LogP contribution in [-0.4, -0.2) is 23.8 Å². The summed E-state index contributed by atoms with van der Waals surface area (Å²) in [7, 11) is 0. The van der Waals surface area contributed by atoms with Crippen molar-refractivity contribution < 1.29 is 29.4 Å². The number of aromatic carboxylic acids is 2. The third-order valence-electron chi connectivity index (χ3n) is 7.10. The quantitative estimate of drug-likeness (QED) is 0.560. The number of amides is 2. The number of hydrogen-bond acceptors (Lipinski definition) is 6. The van der Waals surface area contributed by atoms with Gasteiger partial charge in [-0.3, -0.25) is 9.59 Å². The fourth-order valence-electron chi connectivity index (χ4n) is 5.91. The molecule has 1 saturated heterocycles. The first-order valence-electron chi connectivity index (χ1n) is 10.5. The summed E-state index contributed by atoms with van der Waals surface area (Å²) in [6.07, 6.45) is 0. The van der Waals surface area contributed by atoms with Gasteiger partial charge in [0.25, 0.3) is 0 Å². The number of nitrogens with zero attached hydrogens (tertiary/aromatic N) is 1. The number of carbonyl (C=O) groups excluding carboxylic acids is 4. The first kappa shape index (κ1) is 19.4. The zero-order chi connectivity index (χ0) is 23.0. The largest absolute Gasteiger partial charge is 0.545 e. The van der Waals surface area contributed by atoms with Gasteiger partial charge < -0.3 is 19.8 Å². The molecule has 1 heterocycles. The normalized spacial score (nSPS) is 24.3. The molecule has 2 amide bonds. The summed E-state index contributed by atoms with van der Waals surface area (Å²) in [4.78, 5) is 51.3. The summed E-state index contributed by atoms with van der Waals surface area (Å²) in [5, 5.41) is 22.9. The molecule has 1 fully saturated rings. The predicted octanol–water partition coefficient (Wildman–Crippen LogP) is 0.810. The molecule has 3 aromatic rings. The molecule has 2 atom stereocenters. The molecule has 162 valence electrons. The van der Waals surface area contributed by atoms with Crippen LogP contribution in [0.2, 0.25) is 0 Å². The lowest BCUT2D eigenvalue weighted by atomic mass is 9.55. The topological polar surface area (TPSA) is 118 Å². The minimum absolute atomic E-state index is 0.104. The highest BCUT2D eigenvalue weighted by Crippen LogP contribution is 2.61. The van der Waals surface area contributed by atoms with Crippen LogP contribution in [0.4, 0.5) is 5.69 Å². The highest BCUT2D eigenvalue weighted by Gasteiger charge is 2.61. The fraction of sp³-hybridized carbons (Fsp3) is 0.154. The summed E-state index contributed by atoms with van der Waals surface area (Å²) >= 11 is 0. The van der Waals surface area contributed by atoms with E-state index in [9.17, 15) is 29.4 Å². The van der Waals surface area contributed by atoms with Gasteiger partial charge in [0, 0.05) is 11.8 Å². The first-order chi connectivity index (χ1) is 15.9. The Morgan fingerprint density at radius 3 is 1.33 bits per heavy atom. The van der Waals surface area contributed by atoms with Gasteiger partial charge >= 0.3 is 0 Å². The van der Waals surface area contributed by atoms with Crippen LogP contribution in [0.3, 0.4) is 0 Å². The van der Waals surface area contributed by atoms with Crippen molar-refractivity contribution in [3.63, 3.8) is 0 Å². The molecule has 7 nitrogen and oxygen atoms in total. The highest BCUT2D eigenvalue weighted by molar-refractivity contribution is 6.24. The summed E-state index contributed by atoms with van der Waals surface area (Å²) in [6.45, 7) is 0. The number of anilines is 1. The standard InChI is InChI=1S/C26H17NO6/c28-23-21-19-15-5-1-2-6-16(15)20(18-8-4-3-7-17(18)19)22(21)24(29)27(23)14-10-12(25(30)31)9-13(11-14)26(32)33/h1-11,19-22H,(H,30,31)(H,32,33)/p-2. The van der Waals surface area contributed by atoms with Crippen LogP contribution in [0, 0.1) is 11.8 Å². The van der Waals surface area contributed by atoms with E-state index in [0.29, 0.717) is 0 Å². The molecule has 33 heavy (non-hydrogen) atoms. The fourth-order valence-corrected chi connectivity index (χ4v) is 5.91. The Balaban J connectivity index is 1.54. The third kappa shape index (κ3) is 2.50. The lowest BCUT2D eigenvalue weighted by Gasteiger charge is -2.45. The number of carbonyl (C=O) groups is 4. The van der Waals surface area contributed by atoms with Crippen LogP contribution in [0.15, 0.2) is 66.7 Å². The van der Waals surface area contributed by atoms with Crippen molar-refractivity contribution in [2.24, 2.45) is 11.8 Å². The molecule has 0 radical (unpaired) electrons. The molecule has 0 spiro atoms. The monoisotopic (exact) mass is 437 g/mol. The minimum atomic E-state index is -1.62. The molecule has 7 heteroatoms. The van der Waals surface area contributed by atoms with E-state index in [1.54, 1.807) is 0 Å². The van der Waals surface area contributed by atoms with Crippen molar-refractivity contribution in [1.82, 2.24) is 0 Å². The first-order valence-corrected chi connectivity index (χ1v) is 10.5. The molecule has 2 bridgehead atoms. The van der Waals surface area contributed by atoms with Crippen LogP contribution in [-0.2, 0) is 9.59 Å². The molecule has 7 rings (SSSR count). The van der Waals surface area contributed by atoms with Crippen molar-refractivity contribution in [3.05, 3.63) is 100 Å². The Labute approximate surface area is 187 Å². The van der Waals surface area contributed by atoms with Gasteiger partial charge in [-0.1, -0.05) is 48.5 Å². The molecule has 4 aliphatic rings. The Hall–Kier alpha value is -4.26. The van der Waals surface area contributed by atoms with E-state index in [0.717, 1.165) is 45.4 Å². The van der Waals surface area contributed by atoms with E-state index in [-0.39, 0.29) is 17.5 Å². The average molecular weight is 437 g/mol. The molecule has 0 aromatic heterocycles. The molecular weight excluding hydrogens is 422 g/mol. The van der Waals surface area contributed by atoms with Crippen LogP contribution in [0.25, 0.3) is 0 Å². The van der Waals surface area contributed by atoms with Gasteiger partial charge in [0.15, 0.2) is 0 Å². The maximum absolute atomic E-state index is 13.7. The van der Waals surface area contributed by atoms with Gasteiger partial charge in [-0.15, -0.1) is 0 Å². The molecule has 1 aliphatic heterocycles. The Bertz CT molecular complexity index is 1260. The van der Waals surface area contributed by atoms with Crippen LogP contribution < -0.4 is 15.1 Å². The van der Waals surface area contributed by atoms with E-state index >= 15 is 0 Å². The number of carboxylic acids is 2. The van der Waals surface area contributed by atoms with E-state index < -0.39 is 46.7 Å². The summed E-state index contributed by atoms with van der Waals surface area (Å²) in [5.41, 5.74) is 3.02. The average Bonchev–Trinajstić information content (AvgIpc) is 3.09. The van der Waals surface area contributed by atoms with E-state index in [4.69, 9.17) is 0 Å². The van der Waals surface area contributed by atoms with Gasteiger partial charge in [-0.25, -0.2) is 4.90 Å². The maximum atomic E-state index is 13.7. The van der Waals surface area contributed by atoms with E-state index in [1.165, 1.54) is 0 Å².